The third-order valence-electron chi connectivity index (χ3n) is 4.50. The lowest BCUT2D eigenvalue weighted by Gasteiger charge is -2.22. The molecule has 152 valence electrons. The highest BCUT2D eigenvalue weighted by atomic mass is 19.1. The quantitative estimate of drug-likeness (QED) is 0.726. The van der Waals surface area contributed by atoms with Gasteiger partial charge in [-0.1, -0.05) is 12.1 Å². The zero-order chi connectivity index (χ0) is 21.2. The van der Waals surface area contributed by atoms with Gasteiger partial charge in [-0.25, -0.2) is 13.6 Å². The number of anilines is 1. The molecule has 0 bridgehead atoms. The van der Waals surface area contributed by atoms with Crippen LogP contribution in [0.4, 0.5) is 19.3 Å². The predicted molar refractivity (Wildman–Crippen MR) is 100 cm³/mol. The Morgan fingerprint density at radius 1 is 1.21 bits per heavy atom. The normalized spacial score (nSPS) is 18.6. The summed E-state index contributed by atoms with van der Waals surface area (Å²) in [7, 11) is 0. The molecule has 0 aliphatic carbocycles. The van der Waals surface area contributed by atoms with Crippen molar-refractivity contribution >= 4 is 23.5 Å². The molecule has 0 saturated carbocycles. The van der Waals surface area contributed by atoms with E-state index in [-0.39, 0.29) is 5.56 Å². The first-order valence-corrected chi connectivity index (χ1v) is 8.87. The molecule has 2 aromatic carbocycles. The average Bonchev–Trinajstić information content (AvgIpc) is 2.89. The number of para-hydroxylation sites is 2. The van der Waals surface area contributed by atoms with Crippen LogP contribution in [0.2, 0.25) is 0 Å². The van der Waals surface area contributed by atoms with Crippen LogP contribution < -0.4 is 15.4 Å². The van der Waals surface area contributed by atoms with Gasteiger partial charge in [-0.15, -0.1) is 0 Å². The maximum atomic E-state index is 14.2. The molecule has 29 heavy (non-hydrogen) atoms. The van der Waals surface area contributed by atoms with Crippen LogP contribution >= 0.6 is 0 Å². The van der Waals surface area contributed by atoms with Gasteiger partial charge in [0.2, 0.25) is 5.91 Å². The van der Waals surface area contributed by atoms with E-state index in [4.69, 9.17) is 4.74 Å². The van der Waals surface area contributed by atoms with Crippen molar-refractivity contribution < 1.29 is 27.9 Å². The van der Waals surface area contributed by atoms with Gasteiger partial charge in [0.15, 0.2) is 0 Å². The lowest BCUT2D eigenvalue weighted by molar-refractivity contribution is -0.133. The van der Waals surface area contributed by atoms with E-state index in [1.807, 2.05) is 0 Å². The summed E-state index contributed by atoms with van der Waals surface area (Å²) in [5.41, 5.74) is -1.77. The summed E-state index contributed by atoms with van der Waals surface area (Å²) in [6.07, 6.45) is 0. The van der Waals surface area contributed by atoms with Crippen LogP contribution in [-0.2, 0) is 15.1 Å². The van der Waals surface area contributed by atoms with Gasteiger partial charge in [-0.2, -0.15) is 0 Å². The number of nitrogens with zero attached hydrogens (tertiary/aromatic N) is 1. The average molecular weight is 403 g/mol. The number of carbonyl (C=O) groups is 3. The molecule has 3 rings (SSSR count). The van der Waals surface area contributed by atoms with Crippen molar-refractivity contribution in [2.45, 2.75) is 19.4 Å². The Bertz CT molecular complexity index is 982. The second-order valence-electron chi connectivity index (χ2n) is 6.55. The standard InChI is InChI=1S/C20H19F2N3O4/c1-3-29-16-7-5-4-6-15(16)23-17(26)11-25-18(27)20(2,24-19(25)28)13-10-12(21)8-9-14(13)22/h4-10H,3,11H2,1-2H3,(H,23,26)(H,24,28). The Balaban J connectivity index is 1.79. The number of amides is 4. The van der Waals surface area contributed by atoms with Gasteiger partial charge in [-0.3, -0.25) is 14.5 Å². The fourth-order valence-electron chi connectivity index (χ4n) is 3.09. The minimum Gasteiger partial charge on any atom is -0.492 e. The number of halogens is 2. The third-order valence-corrected chi connectivity index (χ3v) is 4.50. The van der Waals surface area contributed by atoms with E-state index < -0.39 is 41.6 Å². The Labute approximate surface area is 165 Å². The van der Waals surface area contributed by atoms with E-state index in [0.717, 1.165) is 18.2 Å². The lowest BCUT2D eigenvalue weighted by atomic mass is 9.91. The first kappa shape index (κ1) is 20.2. The molecule has 1 atom stereocenters. The summed E-state index contributed by atoms with van der Waals surface area (Å²) < 4.78 is 33.2. The summed E-state index contributed by atoms with van der Waals surface area (Å²) >= 11 is 0. The number of hydrogen-bond acceptors (Lipinski definition) is 4. The highest BCUT2D eigenvalue weighted by Crippen LogP contribution is 2.31. The zero-order valence-electron chi connectivity index (χ0n) is 15.8. The Hall–Kier alpha value is -3.49. The summed E-state index contributed by atoms with van der Waals surface area (Å²) in [5.74, 6) is -2.68. The van der Waals surface area contributed by atoms with Gasteiger partial charge in [-0.05, 0) is 44.2 Å². The number of benzene rings is 2. The van der Waals surface area contributed by atoms with Crippen LogP contribution in [0.3, 0.4) is 0 Å². The van der Waals surface area contributed by atoms with Gasteiger partial charge < -0.3 is 15.4 Å². The number of ether oxygens (including phenoxy) is 1. The minimum absolute atomic E-state index is 0.319. The first-order valence-electron chi connectivity index (χ1n) is 8.87. The van der Waals surface area contributed by atoms with Crippen LogP contribution in [0.1, 0.15) is 19.4 Å². The molecule has 2 N–H and O–H groups in total. The van der Waals surface area contributed by atoms with Gasteiger partial charge in [0, 0.05) is 5.56 Å². The molecular weight excluding hydrogens is 384 g/mol. The third kappa shape index (κ3) is 3.89. The molecule has 7 nitrogen and oxygen atoms in total. The van der Waals surface area contributed by atoms with Gasteiger partial charge >= 0.3 is 6.03 Å². The molecule has 1 fully saturated rings. The van der Waals surface area contributed by atoms with E-state index in [9.17, 15) is 23.2 Å². The van der Waals surface area contributed by atoms with Gasteiger partial charge in [0.25, 0.3) is 5.91 Å². The van der Waals surface area contributed by atoms with Crippen LogP contribution in [0, 0.1) is 11.6 Å². The molecule has 0 aromatic heterocycles. The molecule has 1 aliphatic rings. The van der Waals surface area contributed by atoms with E-state index >= 15 is 0 Å². The summed E-state index contributed by atoms with van der Waals surface area (Å²) in [6.45, 7) is 2.83. The fourth-order valence-corrected chi connectivity index (χ4v) is 3.09. The number of rotatable bonds is 6. The summed E-state index contributed by atoms with van der Waals surface area (Å²) in [5, 5.41) is 4.92. The van der Waals surface area contributed by atoms with Crippen LogP contribution in [0.15, 0.2) is 42.5 Å². The molecule has 2 aromatic rings. The number of carbonyl (C=O) groups excluding carboxylic acids is 3. The lowest BCUT2D eigenvalue weighted by Crippen LogP contribution is -2.42. The van der Waals surface area contributed by atoms with E-state index in [2.05, 4.69) is 10.6 Å². The van der Waals surface area contributed by atoms with Crippen molar-refractivity contribution in [2.75, 3.05) is 18.5 Å². The fraction of sp³-hybridized carbons (Fsp3) is 0.250. The zero-order valence-corrected chi connectivity index (χ0v) is 15.8. The molecule has 9 heteroatoms. The van der Waals surface area contributed by atoms with Crippen molar-refractivity contribution in [3.05, 3.63) is 59.7 Å². The predicted octanol–water partition coefficient (Wildman–Crippen LogP) is 2.77. The number of hydrogen-bond donors (Lipinski definition) is 2. The van der Waals surface area contributed by atoms with Crippen molar-refractivity contribution in [1.29, 1.82) is 0 Å². The van der Waals surface area contributed by atoms with Crippen molar-refractivity contribution in [1.82, 2.24) is 10.2 Å². The van der Waals surface area contributed by atoms with E-state index in [1.165, 1.54) is 6.92 Å². The summed E-state index contributed by atoms with van der Waals surface area (Å²) in [6, 6.07) is 8.44. The molecule has 0 radical (unpaired) electrons. The largest absolute Gasteiger partial charge is 0.492 e. The topological polar surface area (TPSA) is 87.7 Å². The molecule has 1 saturated heterocycles. The van der Waals surface area contributed by atoms with Crippen LogP contribution in [0.5, 0.6) is 5.75 Å². The van der Waals surface area contributed by atoms with E-state index in [0.29, 0.717) is 22.9 Å². The molecular formula is C20H19F2N3O4. The van der Waals surface area contributed by atoms with Crippen LogP contribution in [0.25, 0.3) is 0 Å². The smallest absolute Gasteiger partial charge is 0.325 e. The highest BCUT2D eigenvalue weighted by molar-refractivity contribution is 6.10. The SMILES string of the molecule is CCOc1ccccc1NC(=O)CN1C(=O)NC(C)(c2cc(F)ccc2F)C1=O. The maximum absolute atomic E-state index is 14.2. The summed E-state index contributed by atoms with van der Waals surface area (Å²) in [4.78, 5) is 38.2. The second kappa shape index (κ2) is 7.86. The monoisotopic (exact) mass is 403 g/mol. The molecule has 1 unspecified atom stereocenters. The number of nitrogens with one attached hydrogen (secondary N) is 2. The van der Waals surface area contributed by atoms with Crippen LogP contribution in [-0.4, -0.2) is 35.9 Å². The maximum Gasteiger partial charge on any atom is 0.325 e. The molecule has 4 amide bonds. The number of urea groups is 1. The highest BCUT2D eigenvalue weighted by Gasteiger charge is 2.50. The van der Waals surface area contributed by atoms with Crippen molar-refractivity contribution in [2.24, 2.45) is 0 Å². The minimum atomic E-state index is -1.83. The van der Waals surface area contributed by atoms with Crippen molar-refractivity contribution in [3.63, 3.8) is 0 Å². The Kier molecular flexibility index (Phi) is 5.49. The van der Waals surface area contributed by atoms with Gasteiger partial charge in [0.1, 0.15) is 29.5 Å². The Morgan fingerprint density at radius 2 is 1.93 bits per heavy atom. The van der Waals surface area contributed by atoms with E-state index in [1.54, 1.807) is 31.2 Å². The molecule has 1 aliphatic heterocycles. The van der Waals surface area contributed by atoms with Gasteiger partial charge in [0.05, 0.1) is 12.3 Å². The Morgan fingerprint density at radius 3 is 2.66 bits per heavy atom. The number of imide groups is 1. The first-order chi connectivity index (χ1) is 13.8. The molecule has 0 spiro atoms. The second-order valence-corrected chi connectivity index (χ2v) is 6.55. The molecule has 1 heterocycles. The van der Waals surface area contributed by atoms with Crippen molar-refractivity contribution in [3.8, 4) is 5.75 Å².